The number of carbonyl (C=O) groups excluding carboxylic acids is 1. The van der Waals surface area contributed by atoms with Crippen LogP contribution in [0.15, 0.2) is 35.2 Å². The van der Waals surface area contributed by atoms with Gasteiger partial charge in [0.1, 0.15) is 12.1 Å². The number of oxazole rings is 1. The summed E-state index contributed by atoms with van der Waals surface area (Å²) < 4.78 is 36.0. The van der Waals surface area contributed by atoms with Crippen molar-refractivity contribution in [1.82, 2.24) is 24.6 Å². The highest BCUT2D eigenvalue weighted by Gasteiger charge is 2.32. The summed E-state index contributed by atoms with van der Waals surface area (Å²) in [6.07, 6.45) is 11.3. The van der Waals surface area contributed by atoms with Crippen molar-refractivity contribution in [3.05, 3.63) is 42.2 Å². The molecule has 2 aliphatic rings. The number of rotatable bonds is 15. The van der Waals surface area contributed by atoms with Crippen molar-refractivity contribution in [2.45, 2.75) is 70.3 Å². The third-order valence-electron chi connectivity index (χ3n) is 8.41. The van der Waals surface area contributed by atoms with E-state index >= 15 is 0 Å². The van der Waals surface area contributed by atoms with Crippen LogP contribution >= 0.6 is 0 Å². The number of anilines is 2. The highest BCUT2D eigenvalue weighted by atomic mass is 19.3. The van der Waals surface area contributed by atoms with Crippen molar-refractivity contribution in [3.63, 3.8) is 0 Å². The lowest BCUT2D eigenvalue weighted by molar-refractivity contribution is 0.0995. The predicted octanol–water partition coefficient (Wildman–Crippen LogP) is 5.31. The number of pyridine rings is 1. The molecule has 10 nitrogen and oxygen atoms in total. The maximum atomic E-state index is 14.4. The molecule has 0 aliphatic heterocycles. The molecule has 1 amide bonds. The molecular weight excluding hydrogens is 542 g/mol. The molecule has 42 heavy (non-hydrogen) atoms. The summed E-state index contributed by atoms with van der Waals surface area (Å²) in [5, 5.41) is 4.45. The quantitative estimate of drug-likeness (QED) is 0.230. The van der Waals surface area contributed by atoms with Crippen molar-refractivity contribution >= 4 is 17.4 Å². The van der Waals surface area contributed by atoms with Gasteiger partial charge in [-0.2, -0.15) is 5.10 Å². The van der Waals surface area contributed by atoms with E-state index in [2.05, 4.69) is 27.0 Å². The molecule has 0 spiro atoms. The Balaban J connectivity index is 1.31. The number of hydrogen-bond acceptors (Lipinski definition) is 8. The van der Waals surface area contributed by atoms with Crippen LogP contribution in [0.3, 0.4) is 0 Å². The van der Waals surface area contributed by atoms with E-state index in [1.807, 2.05) is 4.90 Å². The summed E-state index contributed by atoms with van der Waals surface area (Å²) in [4.78, 5) is 24.4. The van der Waals surface area contributed by atoms with Gasteiger partial charge in [0.2, 0.25) is 5.89 Å². The van der Waals surface area contributed by atoms with Crippen LogP contribution in [0.4, 0.5) is 20.3 Å². The number of amides is 1. The van der Waals surface area contributed by atoms with Crippen molar-refractivity contribution in [1.29, 1.82) is 0 Å². The molecule has 0 atom stereocenters. The lowest BCUT2D eigenvalue weighted by Gasteiger charge is -2.31. The van der Waals surface area contributed by atoms with E-state index in [4.69, 9.17) is 15.9 Å². The van der Waals surface area contributed by atoms with E-state index in [9.17, 15) is 13.6 Å². The Labute approximate surface area is 245 Å². The first-order valence-corrected chi connectivity index (χ1v) is 15.1. The summed E-state index contributed by atoms with van der Waals surface area (Å²) in [7, 11) is 2.18. The summed E-state index contributed by atoms with van der Waals surface area (Å²) in [6.45, 7) is 3.45. The third kappa shape index (κ3) is 7.52. The van der Waals surface area contributed by atoms with E-state index in [1.54, 1.807) is 29.2 Å². The fourth-order valence-corrected chi connectivity index (χ4v) is 5.87. The molecule has 0 bridgehead atoms. The number of halogens is 2. The number of carbonyl (C=O) groups is 1. The highest BCUT2D eigenvalue weighted by molar-refractivity contribution is 5.90. The van der Waals surface area contributed by atoms with Crippen LogP contribution in [-0.4, -0.2) is 63.8 Å². The van der Waals surface area contributed by atoms with E-state index in [0.717, 1.165) is 77.4 Å². The highest BCUT2D eigenvalue weighted by Crippen LogP contribution is 2.41. The fraction of sp³-hybridized carbons (Fsp3) is 0.600. The van der Waals surface area contributed by atoms with Crippen LogP contribution in [0.2, 0.25) is 0 Å². The molecule has 2 aliphatic carbocycles. The Morgan fingerprint density at radius 3 is 2.52 bits per heavy atom. The average molecular weight is 585 g/mol. The zero-order valence-electron chi connectivity index (χ0n) is 24.3. The first-order chi connectivity index (χ1) is 20.3. The second-order valence-electron chi connectivity index (χ2n) is 11.8. The van der Waals surface area contributed by atoms with Gasteiger partial charge in [-0.25, -0.2) is 18.7 Å². The topological polar surface area (TPSA) is 132 Å². The van der Waals surface area contributed by atoms with Gasteiger partial charge in [0, 0.05) is 31.0 Å². The van der Waals surface area contributed by atoms with Gasteiger partial charge in [0.15, 0.2) is 11.4 Å². The number of nitrogens with two attached hydrogens (primary N) is 2. The molecule has 5 rings (SSSR count). The number of primary amides is 1. The maximum absolute atomic E-state index is 14.4. The maximum Gasteiger partial charge on any atom is 0.284 e. The Bertz CT molecular complexity index is 1320. The van der Waals surface area contributed by atoms with Gasteiger partial charge in [0.25, 0.3) is 12.3 Å². The molecule has 0 unspecified atom stereocenters. The van der Waals surface area contributed by atoms with Gasteiger partial charge >= 0.3 is 0 Å². The molecule has 3 heterocycles. The Morgan fingerprint density at radius 2 is 1.86 bits per heavy atom. The molecule has 0 saturated heterocycles. The predicted molar refractivity (Wildman–Crippen MR) is 157 cm³/mol. The number of aromatic nitrogens is 4. The van der Waals surface area contributed by atoms with Gasteiger partial charge in [-0.15, -0.1) is 0 Å². The van der Waals surface area contributed by atoms with Crippen LogP contribution in [0.1, 0.15) is 86.4 Å². The zero-order valence-corrected chi connectivity index (χ0v) is 24.3. The third-order valence-corrected chi connectivity index (χ3v) is 8.41. The molecule has 0 radical (unpaired) electrons. The van der Waals surface area contributed by atoms with Crippen LogP contribution in [0.25, 0.3) is 11.5 Å². The minimum atomic E-state index is -2.72. The Morgan fingerprint density at radius 1 is 1.12 bits per heavy atom. The molecule has 4 N–H and O–H groups in total. The Hall–Kier alpha value is -3.38. The minimum absolute atomic E-state index is 0.0170. The lowest BCUT2D eigenvalue weighted by atomic mass is 9.86. The molecule has 3 aromatic heterocycles. The summed E-state index contributed by atoms with van der Waals surface area (Å²) >= 11 is 0. The van der Waals surface area contributed by atoms with Crippen molar-refractivity contribution in [2.24, 2.45) is 23.3 Å². The van der Waals surface area contributed by atoms with Gasteiger partial charge < -0.3 is 25.7 Å². The smallest absolute Gasteiger partial charge is 0.284 e. The largest absolute Gasteiger partial charge is 0.444 e. The SMILES string of the molecule is CN(CCCCCN)CC1CCC(n2cc(N(CC3CC3)c3cc(-c4nc(C(N)=O)co4)ccn3)c(C(F)F)n2)CC1. The van der Waals surface area contributed by atoms with E-state index in [1.165, 1.54) is 6.26 Å². The standard InChI is InChI=1S/C30H42F2N8O2/c1-38(14-4-2-3-12-33)16-20-7-9-23(10-8-20)40-18-25(27(37-40)28(31)32)39(17-21-5-6-21)26-15-22(11-13-35-26)30-36-24(19-42-30)29(34)41/h11,13,15,18-21,23,28H,2-10,12,14,16-17,33H2,1H3,(H2,34,41). The summed E-state index contributed by atoms with van der Waals surface area (Å²) in [5.41, 5.74) is 11.7. The van der Waals surface area contributed by atoms with E-state index in [0.29, 0.717) is 35.4 Å². The van der Waals surface area contributed by atoms with Crippen molar-refractivity contribution in [3.8, 4) is 11.5 Å². The number of hydrogen-bond donors (Lipinski definition) is 2. The second-order valence-corrected chi connectivity index (χ2v) is 11.8. The van der Waals surface area contributed by atoms with Gasteiger partial charge in [-0.3, -0.25) is 9.48 Å². The first-order valence-electron chi connectivity index (χ1n) is 15.1. The first kappa shape index (κ1) is 30.1. The van der Waals surface area contributed by atoms with Crippen LogP contribution in [0.5, 0.6) is 0 Å². The molecular formula is C30H42F2N8O2. The van der Waals surface area contributed by atoms with E-state index in [-0.39, 0.29) is 23.3 Å². The number of nitrogens with zero attached hydrogens (tertiary/aromatic N) is 6. The molecule has 2 saturated carbocycles. The minimum Gasteiger partial charge on any atom is -0.444 e. The van der Waals surface area contributed by atoms with Gasteiger partial charge in [-0.1, -0.05) is 6.42 Å². The van der Waals surface area contributed by atoms with Gasteiger partial charge in [0.05, 0.1) is 11.7 Å². The van der Waals surface area contributed by atoms with E-state index < -0.39 is 12.3 Å². The van der Waals surface area contributed by atoms with Crippen molar-refractivity contribution < 1.29 is 18.0 Å². The van der Waals surface area contributed by atoms with Gasteiger partial charge in [-0.05, 0) is 95.5 Å². The van der Waals surface area contributed by atoms with Crippen LogP contribution < -0.4 is 16.4 Å². The second kappa shape index (κ2) is 13.7. The number of unbranched alkanes of at least 4 members (excludes halogenated alkanes) is 2. The normalized spacial score (nSPS) is 19.1. The zero-order chi connectivity index (χ0) is 29.6. The molecule has 228 valence electrons. The fourth-order valence-electron chi connectivity index (χ4n) is 5.87. The van der Waals surface area contributed by atoms with Crippen molar-refractivity contribution in [2.75, 3.05) is 38.1 Å². The Kier molecular flexibility index (Phi) is 9.84. The summed E-state index contributed by atoms with van der Waals surface area (Å²) in [5.74, 6) is 1.02. The number of alkyl halides is 2. The molecule has 3 aromatic rings. The molecule has 0 aromatic carbocycles. The monoisotopic (exact) mass is 584 g/mol. The molecule has 12 heteroatoms. The molecule has 2 fully saturated rings. The summed E-state index contributed by atoms with van der Waals surface area (Å²) in [6, 6.07) is 3.52. The van der Waals surface area contributed by atoms with Crippen LogP contribution in [0, 0.1) is 11.8 Å². The average Bonchev–Trinajstić information content (AvgIpc) is 3.47. The lowest BCUT2D eigenvalue weighted by Crippen LogP contribution is -2.30. The van der Waals surface area contributed by atoms with Crippen LogP contribution in [-0.2, 0) is 0 Å².